The number of carbonyl (C=O) groups is 1. The van der Waals surface area contributed by atoms with Crippen molar-refractivity contribution < 1.29 is 14.4 Å². The number of nitrogens with zero attached hydrogens (tertiary/aromatic N) is 3. The smallest absolute Gasteiger partial charge is 0.337 e. The highest BCUT2D eigenvalue weighted by atomic mass is 35.5. The van der Waals surface area contributed by atoms with E-state index in [9.17, 15) is 4.79 Å². The summed E-state index contributed by atoms with van der Waals surface area (Å²) in [7, 11) is 0. The Morgan fingerprint density at radius 3 is 2.49 bits per heavy atom. The molecule has 4 aliphatic rings. The predicted octanol–water partition coefficient (Wildman–Crippen LogP) is 5.76. The van der Waals surface area contributed by atoms with Crippen molar-refractivity contribution in [2.45, 2.75) is 63.2 Å². The zero-order valence-corrected chi connectivity index (χ0v) is 20.8. The van der Waals surface area contributed by atoms with Crippen LogP contribution in [-0.4, -0.2) is 39.3 Å². The Morgan fingerprint density at radius 1 is 1.17 bits per heavy atom. The molecule has 2 N–H and O–H groups in total. The highest BCUT2D eigenvalue weighted by Crippen LogP contribution is 2.47. The normalized spacial score (nSPS) is 25.4. The number of hydrogen-bond acceptors (Lipinski definition) is 6. The van der Waals surface area contributed by atoms with Crippen LogP contribution in [0.4, 0.5) is 5.82 Å². The molecule has 2 aliphatic heterocycles. The Morgan fingerprint density at radius 2 is 1.89 bits per heavy atom. The average Bonchev–Trinajstić information content (AvgIpc) is 3.62. The number of carboxylic acid groups (broad SMARTS) is 1. The van der Waals surface area contributed by atoms with E-state index in [4.69, 9.17) is 32.8 Å². The van der Waals surface area contributed by atoms with Crippen molar-refractivity contribution in [3.05, 3.63) is 63.5 Å². The zero-order valence-electron chi connectivity index (χ0n) is 19.2. The van der Waals surface area contributed by atoms with Crippen LogP contribution >= 0.6 is 23.2 Å². The summed E-state index contributed by atoms with van der Waals surface area (Å²) < 4.78 is 5.81. The summed E-state index contributed by atoms with van der Waals surface area (Å²) in [4.78, 5) is 17.9. The second-order valence-corrected chi connectivity index (χ2v) is 10.7. The fourth-order valence-corrected chi connectivity index (χ4v) is 6.32. The molecule has 2 atom stereocenters. The number of fused-ring (bicyclic) bond motifs is 2. The first kappa shape index (κ1) is 22.8. The number of hydrogen-bond donors (Lipinski definition) is 2. The molecule has 2 aromatic heterocycles. The van der Waals surface area contributed by atoms with Crippen molar-refractivity contribution in [2.75, 3.05) is 4.90 Å². The van der Waals surface area contributed by atoms with Crippen LogP contribution in [-0.2, 0) is 6.54 Å². The minimum atomic E-state index is -0.956. The van der Waals surface area contributed by atoms with Gasteiger partial charge in [0, 0.05) is 47.9 Å². The Hall–Kier alpha value is -2.61. The molecule has 0 amide bonds. The van der Waals surface area contributed by atoms with Gasteiger partial charge < -0.3 is 19.8 Å². The van der Waals surface area contributed by atoms with Crippen LogP contribution in [0.5, 0.6) is 0 Å². The second-order valence-electron chi connectivity index (χ2n) is 9.91. The summed E-state index contributed by atoms with van der Waals surface area (Å²) in [6, 6.07) is 10.0. The van der Waals surface area contributed by atoms with E-state index in [1.807, 2.05) is 24.3 Å². The number of benzene rings is 1. The summed E-state index contributed by atoms with van der Waals surface area (Å²) >= 11 is 13.0. The molecule has 3 aromatic rings. The topological polar surface area (TPSA) is 91.5 Å². The van der Waals surface area contributed by atoms with Crippen LogP contribution in [0.25, 0.3) is 11.3 Å². The maximum atomic E-state index is 11.2. The largest absolute Gasteiger partial charge is 0.478 e. The molecule has 2 saturated carbocycles. The summed E-state index contributed by atoms with van der Waals surface area (Å²) in [6.07, 6.45) is 5.66. The molecule has 0 radical (unpaired) electrons. The molecule has 7 rings (SSSR count). The number of aromatic carboxylic acids is 1. The lowest BCUT2D eigenvalue weighted by Gasteiger charge is -2.60. The Balaban J connectivity index is 1.18. The van der Waals surface area contributed by atoms with Crippen LogP contribution in [0.2, 0.25) is 10.0 Å². The van der Waals surface area contributed by atoms with Gasteiger partial charge in [0.1, 0.15) is 17.3 Å². The highest BCUT2D eigenvalue weighted by molar-refractivity contribution is 6.39. The highest BCUT2D eigenvalue weighted by Gasteiger charge is 2.51. The molecule has 2 saturated heterocycles. The van der Waals surface area contributed by atoms with E-state index in [1.165, 1.54) is 6.20 Å². The number of pyridine rings is 1. The molecule has 35 heavy (non-hydrogen) atoms. The fraction of sp³-hybridized carbons (Fsp3) is 0.423. The van der Waals surface area contributed by atoms with E-state index in [2.05, 4.69) is 27.3 Å². The molecule has 2 unspecified atom stereocenters. The van der Waals surface area contributed by atoms with Gasteiger partial charge in [0.2, 0.25) is 0 Å². The van der Waals surface area contributed by atoms with E-state index < -0.39 is 5.97 Å². The van der Waals surface area contributed by atoms with Crippen molar-refractivity contribution in [1.82, 2.24) is 15.5 Å². The maximum Gasteiger partial charge on any atom is 0.337 e. The molecule has 1 aromatic carbocycles. The second kappa shape index (κ2) is 8.80. The van der Waals surface area contributed by atoms with Crippen LogP contribution in [0, 0.1) is 5.92 Å². The number of aromatic nitrogens is 2. The Labute approximate surface area is 213 Å². The van der Waals surface area contributed by atoms with E-state index in [0.29, 0.717) is 46.6 Å². The predicted molar refractivity (Wildman–Crippen MR) is 134 cm³/mol. The monoisotopic (exact) mass is 512 g/mol. The summed E-state index contributed by atoms with van der Waals surface area (Å²) in [5.41, 5.74) is 2.72. The van der Waals surface area contributed by atoms with Crippen LogP contribution in [0.1, 0.15) is 60.2 Å². The minimum absolute atomic E-state index is 0.210. The fourth-order valence-electron chi connectivity index (χ4n) is 5.74. The van der Waals surface area contributed by atoms with E-state index >= 15 is 0 Å². The SMILES string of the molecule is CC1C2CC(NCc3c(-c4c(Cl)cccc4Cl)noc3C3CC3)CC1N2c1ccc(C(=O)O)cn1. The van der Waals surface area contributed by atoms with Crippen molar-refractivity contribution in [3.63, 3.8) is 0 Å². The van der Waals surface area contributed by atoms with Gasteiger partial charge in [-0.1, -0.05) is 41.3 Å². The van der Waals surface area contributed by atoms with Gasteiger partial charge in [-0.05, 0) is 55.9 Å². The lowest BCUT2D eigenvalue weighted by atomic mass is 9.69. The van der Waals surface area contributed by atoms with Crippen molar-refractivity contribution in [1.29, 1.82) is 0 Å². The molecule has 7 nitrogen and oxygen atoms in total. The average molecular weight is 513 g/mol. The number of carboxylic acids is 1. The quantitative estimate of drug-likeness (QED) is 0.415. The van der Waals surface area contributed by atoms with Gasteiger partial charge in [0.15, 0.2) is 0 Å². The van der Waals surface area contributed by atoms with Crippen molar-refractivity contribution in [3.8, 4) is 11.3 Å². The van der Waals surface area contributed by atoms with Gasteiger partial charge in [0.25, 0.3) is 0 Å². The van der Waals surface area contributed by atoms with E-state index in [1.54, 1.807) is 6.07 Å². The number of anilines is 1. The number of rotatable bonds is 7. The Kier molecular flexibility index (Phi) is 5.74. The van der Waals surface area contributed by atoms with Gasteiger partial charge in [-0.3, -0.25) is 0 Å². The van der Waals surface area contributed by atoms with E-state index in [0.717, 1.165) is 54.1 Å². The molecule has 2 aliphatic carbocycles. The first-order valence-corrected chi connectivity index (χ1v) is 12.8. The lowest BCUT2D eigenvalue weighted by molar-refractivity contribution is 0.0696. The minimum Gasteiger partial charge on any atom is -0.478 e. The van der Waals surface area contributed by atoms with Gasteiger partial charge in [0.05, 0.1) is 15.6 Å². The Bertz CT molecular complexity index is 1240. The van der Waals surface area contributed by atoms with Gasteiger partial charge in [-0.15, -0.1) is 0 Å². The van der Waals surface area contributed by atoms with E-state index in [-0.39, 0.29) is 5.56 Å². The zero-order chi connectivity index (χ0) is 24.3. The van der Waals surface area contributed by atoms with Crippen molar-refractivity contribution >= 4 is 35.0 Å². The first-order valence-electron chi connectivity index (χ1n) is 12.1. The molecular formula is C26H26Cl2N4O3. The molecule has 0 spiro atoms. The molecule has 4 heterocycles. The summed E-state index contributed by atoms with van der Waals surface area (Å²) in [6.45, 7) is 2.94. The summed E-state index contributed by atoms with van der Waals surface area (Å²) in [5.74, 6) is 1.84. The molecule has 2 bridgehead atoms. The van der Waals surface area contributed by atoms with Crippen LogP contribution < -0.4 is 10.2 Å². The van der Waals surface area contributed by atoms with Gasteiger partial charge in [-0.25, -0.2) is 9.78 Å². The number of halogens is 2. The molecular weight excluding hydrogens is 487 g/mol. The lowest BCUT2D eigenvalue weighted by Crippen LogP contribution is -2.70. The number of nitrogens with one attached hydrogen (secondary N) is 1. The van der Waals surface area contributed by atoms with Gasteiger partial charge in [-0.2, -0.15) is 0 Å². The summed E-state index contributed by atoms with van der Waals surface area (Å²) in [5, 5.41) is 18.5. The molecule has 9 heteroatoms. The third-order valence-corrected chi connectivity index (χ3v) is 8.40. The maximum absolute atomic E-state index is 11.2. The third-order valence-electron chi connectivity index (χ3n) is 7.77. The standard InChI is InChI=1S/C26H26Cl2N4O3/c1-13-20-9-16(10-21(13)32(20)22-8-7-15(11-30-22)26(33)34)29-12-17-24(31-35-25(17)14-5-6-14)23-18(27)3-2-4-19(23)28/h2-4,7-8,11,13-14,16,20-21,29H,5-6,9-10,12H2,1H3,(H,33,34). The van der Waals surface area contributed by atoms with Crippen LogP contribution in [0.15, 0.2) is 41.1 Å². The molecule has 182 valence electrons. The third kappa shape index (κ3) is 3.99. The van der Waals surface area contributed by atoms with Gasteiger partial charge >= 0.3 is 5.97 Å². The van der Waals surface area contributed by atoms with Crippen molar-refractivity contribution in [2.24, 2.45) is 5.92 Å². The number of piperidine rings is 1. The molecule has 4 fully saturated rings. The first-order chi connectivity index (χ1) is 16.9. The van der Waals surface area contributed by atoms with Crippen LogP contribution in [0.3, 0.4) is 0 Å².